The van der Waals surface area contributed by atoms with Gasteiger partial charge in [-0.25, -0.2) is 13.6 Å². The van der Waals surface area contributed by atoms with Crippen LogP contribution in [0.1, 0.15) is 50.7 Å². The Kier molecular flexibility index (Phi) is 6.39. The molecule has 0 saturated carbocycles. The van der Waals surface area contributed by atoms with Crippen molar-refractivity contribution >= 4 is 6.16 Å². The Hall–Kier alpha value is -1.85. The molecule has 0 bridgehead atoms. The summed E-state index contributed by atoms with van der Waals surface area (Å²) in [6.45, 7) is 3.73. The Morgan fingerprint density at radius 3 is 2.00 bits per heavy atom. The molecule has 0 aliphatic carbocycles. The molecule has 0 saturated heterocycles. The van der Waals surface area contributed by atoms with Crippen molar-refractivity contribution in [3.05, 3.63) is 22.8 Å². The molecular weight excluding hydrogens is 282 g/mol. The Balaban J connectivity index is 3.38. The Morgan fingerprint density at radius 1 is 1.05 bits per heavy atom. The highest BCUT2D eigenvalue weighted by molar-refractivity contribution is 5.65. The van der Waals surface area contributed by atoms with Crippen LogP contribution in [0.3, 0.4) is 0 Å². The molecule has 0 spiro atoms. The molecule has 21 heavy (non-hydrogen) atoms. The minimum atomic E-state index is -1.67. The van der Waals surface area contributed by atoms with Crippen LogP contribution in [0.15, 0.2) is 0 Å². The molecule has 0 aromatic heterocycles. The third-order valence-corrected chi connectivity index (χ3v) is 3.25. The van der Waals surface area contributed by atoms with E-state index in [-0.39, 0.29) is 24.0 Å². The molecule has 0 atom stereocenters. The van der Waals surface area contributed by atoms with Gasteiger partial charge in [-0.05, 0) is 25.7 Å². The molecule has 0 heterocycles. The predicted octanol–water partition coefficient (Wildman–Crippen LogP) is 4.41. The highest BCUT2D eigenvalue weighted by Gasteiger charge is 2.26. The van der Waals surface area contributed by atoms with Crippen molar-refractivity contribution in [1.29, 1.82) is 0 Å². The molecule has 4 nitrogen and oxygen atoms in total. The fourth-order valence-electron chi connectivity index (χ4n) is 2.10. The number of phenols is 1. The average molecular weight is 302 g/mol. The molecule has 0 fully saturated rings. The smallest absolute Gasteiger partial charge is 0.504 e. The molecule has 118 valence electrons. The summed E-state index contributed by atoms with van der Waals surface area (Å²) >= 11 is 0. The van der Waals surface area contributed by atoms with E-state index in [1.165, 1.54) is 0 Å². The molecule has 2 N–H and O–H groups in total. The molecule has 1 aromatic carbocycles. The number of ether oxygens (including phenoxy) is 1. The van der Waals surface area contributed by atoms with Crippen LogP contribution in [0.4, 0.5) is 13.6 Å². The normalized spacial score (nSPS) is 10.7. The zero-order chi connectivity index (χ0) is 16.0. The largest absolute Gasteiger partial charge is 0.511 e. The quantitative estimate of drug-likeness (QED) is 0.578. The molecular formula is C15H20F2O4. The first-order valence-electron chi connectivity index (χ1n) is 7.06. The summed E-state index contributed by atoms with van der Waals surface area (Å²) in [6.07, 6.45) is 1.07. The van der Waals surface area contributed by atoms with Crippen LogP contribution >= 0.6 is 0 Å². The van der Waals surface area contributed by atoms with Gasteiger partial charge in [0, 0.05) is 11.1 Å². The number of aromatic hydroxyl groups is 1. The van der Waals surface area contributed by atoms with E-state index in [4.69, 9.17) is 5.11 Å². The van der Waals surface area contributed by atoms with E-state index in [0.29, 0.717) is 19.3 Å². The van der Waals surface area contributed by atoms with Gasteiger partial charge < -0.3 is 14.9 Å². The van der Waals surface area contributed by atoms with E-state index in [0.717, 1.165) is 6.42 Å². The predicted molar refractivity (Wildman–Crippen MR) is 73.9 cm³/mol. The van der Waals surface area contributed by atoms with E-state index >= 15 is 0 Å². The van der Waals surface area contributed by atoms with Crippen LogP contribution in [-0.2, 0) is 12.8 Å². The van der Waals surface area contributed by atoms with Crippen LogP contribution in [-0.4, -0.2) is 16.4 Å². The van der Waals surface area contributed by atoms with E-state index in [9.17, 15) is 18.7 Å². The Morgan fingerprint density at radius 2 is 1.52 bits per heavy atom. The monoisotopic (exact) mass is 302 g/mol. The maximum Gasteiger partial charge on any atom is 0.511 e. The highest BCUT2D eigenvalue weighted by Crippen LogP contribution is 2.39. The third-order valence-electron chi connectivity index (χ3n) is 3.25. The minimum absolute atomic E-state index is 0.101. The first kappa shape index (κ1) is 17.2. The van der Waals surface area contributed by atoms with Gasteiger partial charge in [0.25, 0.3) is 0 Å². The van der Waals surface area contributed by atoms with Crippen molar-refractivity contribution in [3.63, 3.8) is 0 Å². The van der Waals surface area contributed by atoms with Crippen molar-refractivity contribution in [1.82, 2.24) is 0 Å². The second-order valence-electron chi connectivity index (χ2n) is 4.84. The van der Waals surface area contributed by atoms with Gasteiger partial charge in [0.15, 0.2) is 23.1 Å². The second kappa shape index (κ2) is 7.81. The molecule has 1 aromatic rings. The molecule has 0 aliphatic heterocycles. The first-order chi connectivity index (χ1) is 9.93. The van der Waals surface area contributed by atoms with Gasteiger partial charge in [-0.1, -0.05) is 26.7 Å². The summed E-state index contributed by atoms with van der Waals surface area (Å²) < 4.78 is 32.7. The molecule has 0 radical (unpaired) electrons. The summed E-state index contributed by atoms with van der Waals surface area (Å²) in [5.41, 5.74) is -0.458. The number of rotatable bonds is 7. The lowest BCUT2D eigenvalue weighted by atomic mass is 9.99. The standard InChI is InChI=1S/C15H20F2O4/c1-3-5-7-9-11(16)12(17)10(8-6-4-2)14(13(9)18)21-15(19)20/h18H,3-8H2,1-2H3,(H,19,20). The zero-order valence-electron chi connectivity index (χ0n) is 12.2. The number of halogens is 2. The minimum Gasteiger partial charge on any atom is -0.504 e. The molecule has 0 unspecified atom stereocenters. The lowest BCUT2D eigenvalue weighted by Gasteiger charge is -2.15. The Labute approximate surface area is 122 Å². The van der Waals surface area contributed by atoms with Crippen LogP contribution in [0.2, 0.25) is 0 Å². The highest BCUT2D eigenvalue weighted by atomic mass is 19.2. The van der Waals surface area contributed by atoms with Crippen LogP contribution in [0.25, 0.3) is 0 Å². The van der Waals surface area contributed by atoms with Crippen molar-refractivity contribution < 1.29 is 28.5 Å². The number of carbonyl (C=O) groups is 1. The maximum absolute atomic E-state index is 14.1. The summed E-state index contributed by atoms with van der Waals surface area (Å²) in [6, 6.07) is 0. The van der Waals surface area contributed by atoms with Gasteiger partial charge in [-0.3, -0.25) is 0 Å². The molecule has 1 rings (SSSR count). The van der Waals surface area contributed by atoms with Gasteiger partial charge in [0.1, 0.15) is 0 Å². The van der Waals surface area contributed by atoms with E-state index in [2.05, 4.69) is 4.74 Å². The van der Waals surface area contributed by atoms with Crippen molar-refractivity contribution in [2.75, 3.05) is 0 Å². The fraction of sp³-hybridized carbons (Fsp3) is 0.533. The fourth-order valence-corrected chi connectivity index (χ4v) is 2.10. The number of phenolic OH excluding ortho intramolecular Hbond substituents is 1. The van der Waals surface area contributed by atoms with Gasteiger partial charge >= 0.3 is 6.16 Å². The number of carboxylic acid groups (broad SMARTS) is 1. The van der Waals surface area contributed by atoms with Crippen LogP contribution in [0, 0.1) is 11.6 Å². The van der Waals surface area contributed by atoms with E-state index < -0.39 is 29.3 Å². The number of hydrogen-bond donors (Lipinski definition) is 2. The number of hydrogen-bond acceptors (Lipinski definition) is 3. The Bertz CT molecular complexity index is 515. The van der Waals surface area contributed by atoms with E-state index in [1.54, 1.807) is 0 Å². The lowest BCUT2D eigenvalue weighted by molar-refractivity contribution is 0.142. The molecule has 6 heteroatoms. The maximum atomic E-state index is 14.1. The summed E-state index contributed by atoms with van der Waals surface area (Å²) in [7, 11) is 0. The van der Waals surface area contributed by atoms with E-state index in [1.807, 2.05) is 13.8 Å². The summed E-state index contributed by atoms with van der Waals surface area (Å²) in [4.78, 5) is 10.7. The number of unbranched alkanes of at least 4 members (excludes halogenated alkanes) is 2. The molecule has 0 aliphatic rings. The van der Waals surface area contributed by atoms with Gasteiger partial charge in [0.05, 0.1) is 0 Å². The lowest BCUT2D eigenvalue weighted by Crippen LogP contribution is -2.10. The van der Waals surface area contributed by atoms with Crippen molar-refractivity contribution in [3.8, 4) is 11.5 Å². The average Bonchev–Trinajstić information content (AvgIpc) is 2.44. The summed E-state index contributed by atoms with van der Waals surface area (Å²) in [5.74, 6) is -3.36. The van der Waals surface area contributed by atoms with Gasteiger partial charge in [-0.15, -0.1) is 0 Å². The summed E-state index contributed by atoms with van der Waals surface area (Å²) in [5, 5.41) is 18.8. The number of benzene rings is 1. The zero-order valence-corrected chi connectivity index (χ0v) is 12.2. The van der Waals surface area contributed by atoms with Gasteiger partial charge in [-0.2, -0.15) is 0 Å². The SMILES string of the molecule is CCCCc1c(O)c(OC(=O)O)c(CCCC)c(F)c1F. The van der Waals surface area contributed by atoms with Gasteiger partial charge in [0.2, 0.25) is 0 Å². The topological polar surface area (TPSA) is 66.8 Å². The first-order valence-corrected chi connectivity index (χ1v) is 7.06. The van der Waals surface area contributed by atoms with Crippen LogP contribution in [0.5, 0.6) is 11.5 Å². The van der Waals surface area contributed by atoms with Crippen molar-refractivity contribution in [2.45, 2.75) is 52.4 Å². The third kappa shape index (κ3) is 4.06. The van der Waals surface area contributed by atoms with Crippen LogP contribution < -0.4 is 4.74 Å². The second-order valence-corrected chi connectivity index (χ2v) is 4.84. The van der Waals surface area contributed by atoms with Crippen molar-refractivity contribution in [2.24, 2.45) is 0 Å². The molecule has 0 amide bonds.